The number of anilines is 1. The number of benzene rings is 1. The van der Waals surface area contributed by atoms with Gasteiger partial charge in [0.25, 0.3) is 5.91 Å². The van der Waals surface area contributed by atoms with Gasteiger partial charge in [-0.3, -0.25) is 9.59 Å². The average molecular weight is 341 g/mol. The van der Waals surface area contributed by atoms with Gasteiger partial charge in [-0.2, -0.15) is 0 Å². The number of esters is 1. The van der Waals surface area contributed by atoms with Crippen molar-refractivity contribution < 1.29 is 14.3 Å². The van der Waals surface area contributed by atoms with Crippen molar-refractivity contribution in [1.29, 1.82) is 0 Å². The summed E-state index contributed by atoms with van der Waals surface area (Å²) in [7, 11) is 1.71. The van der Waals surface area contributed by atoms with E-state index in [-0.39, 0.29) is 23.9 Å². The zero-order chi connectivity index (χ0) is 17.4. The van der Waals surface area contributed by atoms with Gasteiger partial charge < -0.3 is 9.64 Å². The molecule has 0 aliphatic heterocycles. The maximum atomic E-state index is 12.4. The minimum absolute atomic E-state index is 0.167. The second kappa shape index (κ2) is 6.47. The van der Waals surface area contributed by atoms with Gasteiger partial charge in [0.05, 0.1) is 6.42 Å². The lowest BCUT2D eigenvalue weighted by Crippen LogP contribution is -2.47. The molecule has 1 aromatic carbocycles. The van der Waals surface area contributed by atoms with Gasteiger partial charge in [-0.1, -0.05) is 18.2 Å². The standard InChI is InChI=1S/C21H27NO3/c1-22(18-5-3-2-4-6-18)19(23)14-25-20(24)13-21-10-15-7-16(11-21)9-17(8-15)12-21/h2-6,15-17H,7-14H2,1H3. The van der Waals surface area contributed by atoms with E-state index >= 15 is 0 Å². The quantitative estimate of drug-likeness (QED) is 0.765. The number of ether oxygens (including phenoxy) is 1. The Hall–Kier alpha value is -1.84. The lowest BCUT2D eigenvalue weighted by molar-refractivity contribution is -0.154. The molecule has 0 radical (unpaired) electrons. The molecule has 5 rings (SSSR count). The third-order valence-electron chi connectivity index (χ3n) is 6.56. The van der Waals surface area contributed by atoms with Crippen molar-refractivity contribution in [2.45, 2.75) is 44.9 Å². The molecule has 0 N–H and O–H groups in total. The Morgan fingerprint density at radius 3 is 2.16 bits per heavy atom. The van der Waals surface area contributed by atoms with Crippen LogP contribution in [0.2, 0.25) is 0 Å². The van der Waals surface area contributed by atoms with E-state index in [1.165, 1.54) is 43.4 Å². The Morgan fingerprint density at radius 2 is 1.60 bits per heavy atom. The van der Waals surface area contributed by atoms with E-state index in [0.29, 0.717) is 6.42 Å². The number of nitrogens with zero attached hydrogens (tertiary/aromatic N) is 1. The van der Waals surface area contributed by atoms with Crippen molar-refractivity contribution in [1.82, 2.24) is 0 Å². The zero-order valence-corrected chi connectivity index (χ0v) is 14.9. The second-order valence-electron chi connectivity index (χ2n) is 8.54. The van der Waals surface area contributed by atoms with Gasteiger partial charge in [-0.05, 0) is 73.8 Å². The van der Waals surface area contributed by atoms with Gasteiger partial charge in [0.15, 0.2) is 6.61 Å². The van der Waals surface area contributed by atoms with Crippen molar-refractivity contribution >= 4 is 17.6 Å². The summed E-state index contributed by atoms with van der Waals surface area (Å²) in [5, 5.41) is 0. The molecule has 4 bridgehead atoms. The van der Waals surface area contributed by atoms with E-state index in [9.17, 15) is 9.59 Å². The van der Waals surface area contributed by atoms with Gasteiger partial charge >= 0.3 is 5.97 Å². The van der Waals surface area contributed by atoms with Crippen LogP contribution in [0.25, 0.3) is 0 Å². The smallest absolute Gasteiger partial charge is 0.306 e. The molecule has 25 heavy (non-hydrogen) atoms. The van der Waals surface area contributed by atoms with Crippen LogP contribution in [0.5, 0.6) is 0 Å². The van der Waals surface area contributed by atoms with E-state index in [1.54, 1.807) is 7.05 Å². The molecule has 0 aromatic heterocycles. The van der Waals surface area contributed by atoms with Crippen LogP contribution >= 0.6 is 0 Å². The summed E-state index contributed by atoms with van der Waals surface area (Å²) in [6.45, 7) is -0.170. The Morgan fingerprint density at radius 1 is 1.04 bits per heavy atom. The van der Waals surface area contributed by atoms with Crippen molar-refractivity contribution in [3.05, 3.63) is 30.3 Å². The number of rotatable bonds is 5. The average Bonchev–Trinajstić information content (AvgIpc) is 2.58. The second-order valence-corrected chi connectivity index (χ2v) is 8.54. The van der Waals surface area contributed by atoms with E-state index < -0.39 is 0 Å². The maximum Gasteiger partial charge on any atom is 0.306 e. The first-order valence-corrected chi connectivity index (χ1v) is 9.50. The minimum atomic E-state index is -0.197. The van der Waals surface area contributed by atoms with Crippen molar-refractivity contribution in [3.63, 3.8) is 0 Å². The molecular formula is C21H27NO3. The summed E-state index contributed by atoms with van der Waals surface area (Å²) in [4.78, 5) is 26.2. The van der Waals surface area contributed by atoms with E-state index in [4.69, 9.17) is 4.74 Å². The molecule has 4 heteroatoms. The molecule has 1 amide bonds. The molecule has 4 saturated carbocycles. The first kappa shape index (κ1) is 16.6. The summed E-state index contributed by atoms with van der Waals surface area (Å²) < 4.78 is 5.36. The summed E-state index contributed by atoms with van der Waals surface area (Å²) >= 11 is 0. The molecule has 0 unspecified atom stereocenters. The third-order valence-corrected chi connectivity index (χ3v) is 6.56. The van der Waals surface area contributed by atoms with Crippen molar-refractivity contribution in [3.8, 4) is 0 Å². The number of hydrogen-bond donors (Lipinski definition) is 0. The highest BCUT2D eigenvalue weighted by Gasteiger charge is 2.51. The van der Waals surface area contributed by atoms with Gasteiger partial charge in [0, 0.05) is 12.7 Å². The third kappa shape index (κ3) is 3.44. The number of carbonyl (C=O) groups excluding carboxylic acids is 2. The molecule has 0 heterocycles. The van der Waals surface area contributed by atoms with Crippen LogP contribution in [-0.2, 0) is 14.3 Å². The highest BCUT2D eigenvalue weighted by Crippen LogP contribution is 2.61. The highest BCUT2D eigenvalue weighted by atomic mass is 16.5. The summed E-state index contributed by atoms with van der Waals surface area (Å²) in [6.07, 6.45) is 8.17. The largest absolute Gasteiger partial charge is 0.456 e. The van der Waals surface area contributed by atoms with E-state index in [2.05, 4.69) is 0 Å². The number of amides is 1. The SMILES string of the molecule is CN(C(=O)COC(=O)CC12CC3CC(CC(C3)C1)C2)c1ccccc1. The minimum Gasteiger partial charge on any atom is -0.456 e. The summed E-state index contributed by atoms with van der Waals surface area (Å²) in [5.41, 5.74) is 0.977. The van der Waals surface area contributed by atoms with Crippen LogP contribution in [0.4, 0.5) is 5.69 Å². The fourth-order valence-electron chi connectivity index (χ4n) is 5.90. The van der Waals surface area contributed by atoms with Crippen LogP contribution in [0.1, 0.15) is 44.9 Å². The molecule has 0 atom stereocenters. The fraction of sp³-hybridized carbons (Fsp3) is 0.619. The molecule has 4 nitrogen and oxygen atoms in total. The van der Waals surface area contributed by atoms with E-state index in [0.717, 1.165) is 23.4 Å². The Labute approximate surface area is 149 Å². The Kier molecular flexibility index (Phi) is 4.30. The molecule has 0 spiro atoms. The molecule has 134 valence electrons. The van der Waals surface area contributed by atoms with Crippen LogP contribution in [0, 0.1) is 23.2 Å². The number of likely N-dealkylation sites (N-methyl/N-ethyl adjacent to an activating group) is 1. The van der Waals surface area contributed by atoms with Crippen LogP contribution in [-0.4, -0.2) is 25.5 Å². The van der Waals surface area contributed by atoms with Gasteiger partial charge in [0.2, 0.25) is 0 Å². The number of carbonyl (C=O) groups is 2. The monoisotopic (exact) mass is 341 g/mol. The topological polar surface area (TPSA) is 46.6 Å². The van der Waals surface area contributed by atoms with Gasteiger partial charge in [0.1, 0.15) is 0 Å². The predicted molar refractivity (Wildman–Crippen MR) is 96.0 cm³/mol. The van der Waals surface area contributed by atoms with Crippen LogP contribution < -0.4 is 4.90 Å². The van der Waals surface area contributed by atoms with Crippen LogP contribution in [0.15, 0.2) is 30.3 Å². The predicted octanol–water partition coefficient (Wildman–Crippen LogP) is 3.80. The fourth-order valence-corrected chi connectivity index (χ4v) is 5.90. The molecular weight excluding hydrogens is 314 g/mol. The van der Waals surface area contributed by atoms with E-state index in [1.807, 2.05) is 30.3 Å². The molecule has 4 aliphatic carbocycles. The maximum absolute atomic E-state index is 12.4. The molecule has 4 aliphatic rings. The lowest BCUT2D eigenvalue weighted by atomic mass is 9.49. The van der Waals surface area contributed by atoms with Crippen molar-refractivity contribution in [2.24, 2.45) is 23.2 Å². The molecule has 0 saturated heterocycles. The van der Waals surface area contributed by atoms with Gasteiger partial charge in [-0.15, -0.1) is 0 Å². The Balaban J connectivity index is 1.30. The summed E-state index contributed by atoms with van der Waals surface area (Å²) in [5.74, 6) is 2.08. The Bertz CT molecular complexity index is 619. The first-order chi connectivity index (χ1) is 12.0. The summed E-state index contributed by atoms with van der Waals surface area (Å²) in [6, 6.07) is 9.42. The first-order valence-electron chi connectivity index (χ1n) is 9.50. The van der Waals surface area contributed by atoms with Crippen LogP contribution in [0.3, 0.4) is 0 Å². The molecule has 1 aromatic rings. The normalized spacial score (nSPS) is 32.4. The zero-order valence-electron chi connectivity index (χ0n) is 14.9. The number of hydrogen-bond acceptors (Lipinski definition) is 3. The van der Waals surface area contributed by atoms with Crippen molar-refractivity contribution in [2.75, 3.05) is 18.6 Å². The highest BCUT2D eigenvalue weighted by molar-refractivity contribution is 5.94. The number of para-hydroxylation sites is 1. The molecule has 4 fully saturated rings. The van der Waals surface area contributed by atoms with Gasteiger partial charge in [-0.25, -0.2) is 0 Å². The lowest BCUT2D eigenvalue weighted by Gasteiger charge is -2.56.